The Labute approximate surface area is 103 Å². The van der Waals surface area contributed by atoms with Crippen LogP contribution in [0.5, 0.6) is 5.75 Å². The first-order valence-electron chi connectivity index (χ1n) is 6.56. The van der Waals surface area contributed by atoms with Gasteiger partial charge in [-0.05, 0) is 55.4 Å². The van der Waals surface area contributed by atoms with Gasteiger partial charge in [0, 0.05) is 6.42 Å². The highest BCUT2D eigenvalue weighted by atomic mass is 16.5. The van der Waals surface area contributed by atoms with Crippen molar-refractivity contribution in [3.8, 4) is 5.75 Å². The van der Waals surface area contributed by atoms with Crippen molar-refractivity contribution >= 4 is 5.78 Å². The van der Waals surface area contributed by atoms with Crippen LogP contribution in [-0.4, -0.2) is 12.4 Å². The van der Waals surface area contributed by atoms with E-state index in [1.165, 1.54) is 30.4 Å². The highest BCUT2D eigenvalue weighted by molar-refractivity contribution is 5.79. The smallest absolute Gasteiger partial charge is 0.170 e. The van der Waals surface area contributed by atoms with E-state index in [0.717, 1.165) is 18.6 Å². The van der Waals surface area contributed by atoms with Gasteiger partial charge in [0.2, 0.25) is 0 Å². The number of ketones is 1. The molecule has 0 heterocycles. The first-order valence-corrected chi connectivity index (χ1v) is 6.56. The minimum Gasteiger partial charge on any atom is -0.486 e. The summed E-state index contributed by atoms with van der Waals surface area (Å²) in [5.41, 5.74) is 2.85. The second kappa shape index (κ2) is 5.85. The maximum absolute atomic E-state index is 11.4. The van der Waals surface area contributed by atoms with Gasteiger partial charge < -0.3 is 4.74 Å². The van der Waals surface area contributed by atoms with Crippen LogP contribution in [0.3, 0.4) is 0 Å². The second-order valence-corrected chi connectivity index (χ2v) is 4.71. The van der Waals surface area contributed by atoms with Crippen molar-refractivity contribution in [1.82, 2.24) is 0 Å². The van der Waals surface area contributed by atoms with Gasteiger partial charge in [0.15, 0.2) is 5.78 Å². The number of carbonyl (C=O) groups is 1. The van der Waals surface area contributed by atoms with E-state index in [4.69, 9.17) is 4.74 Å². The quantitative estimate of drug-likeness (QED) is 0.778. The summed E-state index contributed by atoms with van der Waals surface area (Å²) in [6.07, 6.45) is 6.41. The molecule has 0 bridgehead atoms. The summed E-state index contributed by atoms with van der Waals surface area (Å²) in [6, 6.07) is 6.24. The van der Waals surface area contributed by atoms with Crippen LogP contribution in [0.2, 0.25) is 0 Å². The molecule has 1 aliphatic carbocycles. The van der Waals surface area contributed by atoms with Crippen molar-refractivity contribution in [2.45, 2.75) is 45.4 Å². The van der Waals surface area contributed by atoms with Gasteiger partial charge in [-0.25, -0.2) is 0 Å². The number of hydrogen-bond acceptors (Lipinski definition) is 2. The zero-order chi connectivity index (χ0) is 12.1. The number of aryl methyl sites for hydroxylation is 2. The van der Waals surface area contributed by atoms with E-state index in [9.17, 15) is 4.79 Å². The van der Waals surface area contributed by atoms with Crippen LogP contribution in [-0.2, 0) is 17.6 Å². The van der Waals surface area contributed by atoms with Gasteiger partial charge in [-0.2, -0.15) is 0 Å². The number of Topliss-reactive ketones (excluding diaryl/α,β-unsaturated/α-hetero) is 1. The fraction of sp³-hybridized carbons (Fsp3) is 0.533. The lowest BCUT2D eigenvalue weighted by molar-refractivity contribution is -0.121. The Balaban J connectivity index is 1.95. The molecule has 0 aromatic heterocycles. The number of ether oxygens (including phenoxy) is 1. The Kier molecular flexibility index (Phi) is 4.18. The minimum atomic E-state index is 0.185. The van der Waals surface area contributed by atoms with Gasteiger partial charge in [0.25, 0.3) is 0 Å². The summed E-state index contributed by atoms with van der Waals surface area (Å²) in [7, 11) is 0. The molecular weight excluding hydrogens is 212 g/mol. The first-order chi connectivity index (χ1) is 8.29. The van der Waals surface area contributed by atoms with Crippen molar-refractivity contribution in [2.24, 2.45) is 0 Å². The van der Waals surface area contributed by atoms with Crippen LogP contribution in [0, 0.1) is 0 Å². The summed E-state index contributed by atoms with van der Waals surface area (Å²) in [4.78, 5) is 11.4. The molecule has 0 aliphatic heterocycles. The fourth-order valence-corrected chi connectivity index (χ4v) is 2.31. The molecule has 0 N–H and O–H groups in total. The van der Waals surface area contributed by atoms with E-state index < -0.39 is 0 Å². The van der Waals surface area contributed by atoms with E-state index in [1.54, 1.807) is 0 Å². The van der Waals surface area contributed by atoms with Crippen molar-refractivity contribution in [1.29, 1.82) is 0 Å². The highest BCUT2D eigenvalue weighted by Crippen LogP contribution is 2.25. The highest BCUT2D eigenvalue weighted by Gasteiger charge is 2.10. The zero-order valence-electron chi connectivity index (χ0n) is 10.5. The number of hydrogen-bond donors (Lipinski definition) is 0. The van der Waals surface area contributed by atoms with Gasteiger partial charge in [-0.1, -0.05) is 13.0 Å². The summed E-state index contributed by atoms with van der Waals surface area (Å²) < 4.78 is 5.54. The van der Waals surface area contributed by atoms with Crippen LogP contribution in [0.25, 0.3) is 0 Å². The van der Waals surface area contributed by atoms with Crippen molar-refractivity contribution < 1.29 is 9.53 Å². The summed E-state index contributed by atoms with van der Waals surface area (Å²) in [6.45, 7) is 2.23. The van der Waals surface area contributed by atoms with Crippen LogP contribution in [0.1, 0.15) is 43.7 Å². The molecule has 0 saturated heterocycles. The molecule has 0 amide bonds. The Bertz CT molecular complexity index is 396. The maximum atomic E-state index is 11.4. The topological polar surface area (TPSA) is 26.3 Å². The third-order valence-electron chi connectivity index (χ3n) is 3.25. The predicted octanol–water partition coefficient (Wildman–Crippen LogP) is 3.31. The molecular formula is C15H20O2. The molecule has 2 heteroatoms. The van der Waals surface area contributed by atoms with Gasteiger partial charge in [0.1, 0.15) is 12.4 Å². The predicted molar refractivity (Wildman–Crippen MR) is 68.5 cm³/mol. The number of benzene rings is 1. The van der Waals surface area contributed by atoms with Crippen LogP contribution in [0.4, 0.5) is 0 Å². The number of carbonyl (C=O) groups excluding carboxylic acids is 1. The molecule has 0 radical (unpaired) electrons. The molecule has 0 spiro atoms. The number of rotatable bonds is 5. The Morgan fingerprint density at radius 1 is 1.24 bits per heavy atom. The molecule has 0 unspecified atom stereocenters. The third-order valence-corrected chi connectivity index (χ3v) is 3.25. The van der Waals surface area contributed by atoms with Crippen molar-refractivity contribution in [2.75, 3.05) is 6.61 Å². The van der Waals surface area contributed by atoms with Crippen LogP contribution >= 0.6 is 0 Å². The zero-order valence-corrected chi connectivity index (χ0v) is 10.5. The standard InChI is InChI=1S/C15H20O2/c1-2-5-14(16)11-17-15-9-8-12-6-3-4-7-13(12)10-15/h8-10H,2-7,11H2,1H3. The van der Waals surface area contributed by atoms with Crippen LogP contribution < -0.4 is 4.74 Å². The molecule has 2 nitrogen and oxygen atoms in total. The SMILES string of the molecule is CCCC(=O)COc1ccc2c(c1)CCCC2. The normalized spacial score (nSPS) is 14.2. The molecule has 0 atom stereocenters. The Hall–Kier alpha value is -1.31. The Morgan fingerprint density at radius 2 is 2.00 bits per heavy atom. The third kappa shape index (κ3) is 3.32. The average Bonchev–Trinajstić information content (AvgIpc) is 2.36. The summed E-state index contributed by atoms with van der Waals surface area (Å²) in [5.74, 6) is 1.03. The molecule has 1 aromatic rings. The second-order valence-electron chi connectivity index (χ2n) is 4.71. The van der Waals surface area contributed by atoms with Crippen molar-refractivity contribution in [3.05, 3.63) is 29.3 Å². The molecule has 0 saturated carbocycles. The van der Waals surface area contributed by atoms with Gasteiger partial charge >= 0.3 is 0 Å². The van der Waals surface area contributed by atoms with Crippen LogP contribution in [0.15, 0.2) is 18.2 Å². The molecule has 17 heavy (non-hydrogen) atoms. The lowest BCUT2D eigenvalue weighted by Gasteiger charge is -2.16. The lowest BCUT2D eigenvalue weighted by atomic mass is 9.92. The van der Waals surface area contributed by atoms with E-state index in [2.05, 4.69) is 12.1 Å². The summed E-state index contributed by atoms with van der Waals surface area (Å²) >= 11 is 0. The van der Waals surface area contributed by atoms with Gasteiger partial charge in [-0.15, -0.1) is 0 Å². The molecule has 1 aliphatic rings. The van der Waals surface area contributed by atoms with E-state index in [1.807, 2.05) is 13.0 Å². The van der Waals surface area contributed by atoms with E-state index >= 15 is 0 Å². The van der Waals surface area contributed by atoms with Gasteiger partial charge in [0.05, 0.1) is 0 Å². The van der Waals surface area contributed by atoms with E-state index in [0.29, 0.717) is 6.42 Å². The largest absolute Gasteiger partial charge is 0.486 e. The van der Waals surface area contributed by atoms with Crippen molar-refractivity contribution in [3.63, 3.8) is 0 Å². The fourth-order valence-electron chi connectivity index (χ4n) is 2.31. The minimum absolute atomic E-state index is 0.185. The van der Waals surface area contributed by atoms with Gasteiger partial charge in [-0.3, -0.25) is 4.79 Å². The lowest BCUT2D eigenvalue weighted by Crippen LogP contribution is -2.11. The molecule has 0 fully saturated rings. The number of fused-ring (bicyclic) bond motifs is 1. The van der Waals surface area contributed by atoms with E-state index in [-0.39, 0.29) is 12.4 Å². The Morgan fingerprint density at radius 3 is 2.76 bits per heavy atom. The average molecular weight is 232 g/mol. The molecule has 92 valence electrons. The maximum Gasteiger partial charge on any atom is 0.170 e. The molecule has 1 aromatic carbocycles. The monoisotopic (exact) mass is 232 g/mol. The summed E-state index contributed by atoms with van der Waals surface area (Å²) in [5, 5.41) is 0. The first kappa shape index (κ1) is 12.2. The molecule has 2 rings (SSSR count).